The SMILES string of the molecule is N#Cc1ccc(C(=O)N2CC[NH+](Cc3ccncc3)CC2)cc1. The number of benzene rings is 1. The molecule has 0 bridgehead atoms. The van der Waals surface area contributed by atoms with E-state index in [1.165, 1.54) is 10.5 Å². The van der Waals surface area contributed by atoms with Gasteiger partial charge in [0.05, 0.1) is 37.8 Å². The van der Waals surface area contributed by atoms with Gasteiger partial charge in [0.15, 0.2) is 0 Å². The number of nitrogens with one attached hydrogen (secondary N) is 1. The molecule has 1 aromatic carbocycles. The standard InChI is InChI=1S/C18H18N4O/c19-13-15-1-3-17(4-2-15)18(23)22-11-9-21(10-12-22)14-16-5-7-20-8-6-16/h1-8H,9-12,14H2/p+1. The molecule has 1 N–H and O–H groups in total. The molecule has 0 aliphatic carbocycles. The van der Waals surface area contributed by atoms with E-state index in [1.54, 1.807) is 24.3 Å². The Bertz CT molecular complexity index is 698. The number of amides is 1. The predicted molar refractivity (Wildman–Crippen MR) is 85.7 cm³/mol. The van der Waals surface area contributed by atoms with Crippen molar-refractivity contribution in [3.8, 4) is 6.07 Å². The van der Waals surface area contributed by atoms with Crippen molar-refractivity contribution in [3.63, 3.8) is 0 Å². The van der Waals surface area contributed by atoms with Gasteiger partial charge in [0, 0.05) is 23.5 Å². The van der Waals surface area contributed by atoms with Gasteiger partial charge in [0.2, 0.25) is 0 Å². The van der Waals surface area contributed by atoms with E-state index in [9.17, 15) is 4.79 Å². The number of hydrogen-bond acceptors (Lipinski definition) is 3. The second-order valence-corrected chi connectivity index (χ2v) is 5.76. The van der Waals surface area contributed by atoms with E-state index in [2.05, 4.69) is 11.1 Å². The molecule has 1 aromatic heterocycles. The smallest absolute Gasteiger partial charge is 0.254 e. The zero-order chi connectivity index (χ0) is 16.1. The van der Waals surface area contributed by atoms with Crippen LogP contribution in [-0.4, -0.2) is 42.0 Å². The number of hydrogen-bond donors (Lipinski definition) is 1. The van der Waals surface area contributed by atoms with Crippen molar-refractivity contribution in [2.75, 3.05) is 26.2 Å². The van der Waals surface area contributed by atoms with Crippen LogP contribution >= 0.6 is 0 Å². The Labute approximate surface area is 135 Å². The fourth-order valence-electron chi connectivity index (χ4n) is 2.86. The maximum absolute atomic E-state index is 12.5. The Kier molecular flexibility index (Phi) is 4.65. The molecule has 0 atom stereocenters. The maximum atomic E-state index is 12.5. The molecule has 0 unspecified atom stereocenters. The molecule has 1 fully saturated rings. The van der Waals surface area contributed by atoms with Gasteiger partial charge in [-0.15, -0.1) is 0 Å². The highest BCUT2D eigenvalue weighted by Gasteiger charge is 2.24. The summed E-state index contributed by atoms with van der Waals surface area (Å²) in [5, 5.41) is 8.81. The minimum Gasteiger partial charge on any atom is -0.328 e. The zero-order valence-electron chi connectivity index (χ0n) is 12.9. The van der Waals surface area contributed by atoms with Gasteiger partial charge in [-0.1, -0.05) is 0 Å². The minimum atomic E-state index is 0.0532. The predicted octanol–water partition coefficient (Wildman–Crippen LogP) is 0.494. The third kappa shape index (κ3) is 3.74. The van der Waals surface area contributed by atoms with Crippen molar-refractivity contribution < 1.29 is 9.69 Å². The van der Waals surface area contributed by atoms with E-state index in [1.807, 2.05) is 29.4 Å². The van der Waals surface area contributed by atoms with E-state index in [0.29, 0.717) is 11.1 Å². The lowest BCUT2D eigenvalue weighted by Crippen LogP contribution is -3.13. The zero-order valence-corrected chi connectivity index (χ0v) is 12.9. The molecule has 1 amide bonds. The third-order valence-corrected chi connectivity index (χ3v) is 4.22. The Morgan fingerprint density at radius 2 is 1.78 bits per heavy atom. The molecule has 23 heavy (non-hydrogen) atoms. The van der Waals surface area contributed by atoms with Gasteiger partial charge >= 0.3 is 0 Å². The van der Waals surface area contributed by atoms with Crippen LogP contribution in [0.15, 0.2) is 48.8 Å². The summed E-state index contributed by atoms with van der Waals surface area (Å²) in [6.07, 6.45) is 3.64. The van der Waals surface area contributed by atoms with Gasteiger partial charge in [-0.05, 0) is 36.4 Å². The lowest BCUT2D eigenvalue weighted by Gasteiger charge is -2.32. The van der Waals surface area contributed by atoms with Gasteiger partial charge in [-0.3, -0.25) is 9.78 Å². The first-order chi connectivity index (χ1) is 11.3. The van der Waals surface area contributed by atoms with Crippen LogP contribution in [0.2, 0.25) is 0 Å². The average molecular weight is 307 g/mol. The van der Waals surface area contributed by atoms with Gasteiger partial charge in [0.1, 0.15) is 6.54 Å². The normalized spacial score (nSPS) is 15.2. The summed E-state index contributed by atoms with van der Waals surface area (Å²) < 4.78 is 0. The van der Waals surface area contributed by atoms with Crippen LogP contribution in [0.3, 0.4) is 0 Å². The van der Waals surface area contributed by atoms with Crippen LogP contribution in [0.1, 0.15) is 21.5 Å². The Balaban J connectivity index is 1.56. The van der Waals surface area contributed by atoms with Crippen LogP contribution < -0.4 is 4.90 Å². The van der Waals surface area contributed by atoms with Crippen molar-refractivity contribution in [1.29, 1.82) is 5.26 Å². The number of rotatable bonds is 3. The molecule has 5 heteroatoms. The maximum Gasteiger partial charge on any atom is 0.254 e. The first-order valence-electron chi connectivity index (χ1n) is 7.78. The molecule has 1 saturated heterocycles. The van der Waals surface area contributed by atoms with Crippen molar-refractivity contribution in [3.05, 3.63) is 65.5 Å². The van der Waals surface area contributed by atoms with E-state index in [0.717, 1.165) is 32.7 Å². The van der Waals surface area contributed by atoms with Crippen LogP contribution in [-0.2, 0) is 6.54 Å². The highest BCUT2D eigenvalue weighted by molar-refractivity contribution is 5.94. The number of piperazine rings is 1. The topological polar surface area (TPSA) is 61.4 Å². The molecule has 2 aromatic rings. The summed E-state index contributed by atoms with van der Waals surface area (Å²) in [6.45, 7) is 4.40. The lowest BCUT2D eigenvalue weighted by molar-refractivity contribution is -0.917. The summed E-state index contributed by atoms with van der Waals surface area (Å²) in [5.74, 6) is 0.0532. The Morgan fingerprint density at radius 1 is 1.13 bits per heavy atom. The number of quaternary nitrogens is 1. The summed E-state index contributed by atoms with van der Waals surface area (Å²) >= 11 is 0. The molecule has 5 nitrogen and oxygen atoms in total. The first kappa shape index (κ1) is 15.2. The molecular formula is C18H19N4O+. The van der Waals surface area contributed by atoms with E-state index >= 15 is 0 Å². The average Bonchev–Trinajstić information content (AvgIpc) is 2.63. The highest BCUT2D eigenvalue weighted by Crippen LogP contribution is 2.07. The van der Waals surface area contributed by atoms with Crippen molar-refractivity contribution >= 4 is 5.91 Å². The number of pyridine rings is 1. The second kappa shape index (κ2) is 7.03. The number of carbonyl (C=O) groups is 1. The molecule has 116 valence electrons. The molecule has 0 radical (unpaired) electrons. The molecular weight excluding hydrogens is 288 g/mol. The van der Waals surface area contributed by atoms with Gasteiger partial charge in [-0.2, -0.15) is 5.26 Å². The first-order valence-corrected chi connectivity index (χ1v) is 7.78. The van der Waals surface area contributed by atoms with Gasteiger partial charge in [-0.25, -0.2) is 0 Å². The minimum absolute atomic E-state index is 0.0532. The Morgan fingerprint density at radius 3 is 2.39 bits per heavy atom. The lowest BCUT2D eigenvalue weighted by atomic mass is 10.1. The summed E-state index contributed by atoms with van der Waals surface area (Å²) in [7, 11) is 0. The number of aromatic nitrogens is 1. The highest BCUT2D eigenvalue weighted by atomic mass is 16.2. The molecule has 3 rings (SSSR count). The van der Waals surface area contributed by atoms with E-state index in [4.69, 9.17) is 5.26 Å². The second-order valence-electron chi connectivity index (χ2n) is 5.76. The number of carbonyl (C=O) groups excluding carboxylic acids is 1. The van der Waals surface area contributed by atoms with Crippen molar-refractivity contribution in [2.24, 2.45) is 0 Å². The molecule has 0 spiro atoms. The van der Waals surface area contributed by atoms with E-state index < -0.39 is 0 Å². The monoisotopic (exact) mass is 307 g/mol. The fraction of sp³-hybridized carbons (Fsp3) is 0.278. The van der Waals surface area contributed by atoms with Crippen LogP contribution in [0, 0.1) is 11.3 Å². The van der Waals surface area contributed by atoms with Crippen LogP contribution in [0.5, 0.6) is 0 Å². The van der Waals surface area contributed by atoms with Crippen LogP contribution in [0.25, 0.3) is 0 Å². The largest absolute Gasteiger partial charge is 0.328 e. The van der Waals surface area contributed by atoms with Crippen molar-refractivity contribution in [2.45, 2.75) is 6.54 Å². The molecule has 1 aliphatic heterocycles. The van der Waals surface area contributed by atoms with Gasteiger partial charge in [0.25, 0.3) is 5.91 Å². The van der Waals surface area contributed by atoms with E-state index in [-0.39, 0.29) is 5.91 Å². The summed E-state index contributed by atoms with van der Waals surface area (Å²) in [5.41, 5.74) is 2.51. The van der Waals surface area contributed by atoms with Crippen molar-refractivity contribution in [1.82, 2.24) is 9.88 Å². The molecule has 2 heterocycles. The third-order valence-electron chi connectivity index (χ3n) is 4.22. The number of nitrogens with zero attached hydrogens (tertiary/aromatic N) is 3. The van der Waals surface area contributed by atoms with Crippen LogP contribution in [0.4, 0.5) is 0 Å². The summed E-state index contributed by atoms with van der Waals surface area (Å²) in [4.78, 5) is 19.9. The quantitative estimate of drug-likeness (QED) is 0.898. The number of nitriles is 1. The fourth-order valence-corrected chi connectivity index (χ4v) is 2.86. The Hall–Kier alpha value is -2.71. The van der Waals surface area contributed by atoms with Gasteiger partial charge < -0.3 is 9.80 Å². The molecule has 1 aliphatic rings. The summed E-state index contributed by atoms with van der Waals surface area (Å²) in [6, 6.07) is 13.0. The molecule has 0 saturated carbocycles.